The Labute approximate surface area is 154 Å². The summed E-state index contributed by atoms with van der Waals surface area (Å²) >= 11 is 5.22. The molecule has 0 bridgehead atoms. The van der Waals surface area contributed by atoms with Crippen LogP contribution in [-0.2, 0) is 17.5 Å². The van der Waals surface area contributed by atoms with E-state index in [1.54, 1.807) is 12.1 Å². The van der Waals surface area contributed by atoms with Crippen molar-refractivity contribution in [3.05, 3.63) is 47.9 Å². The predicted octanol–water partition coefficient (Wildman–Crippen LogP) is 3.62. The van der Waals surface area contributed by atoms with Crippen molar-refractivity contribution in [2.75, 3.05) is 36.5 Å². The van der Waals surface area contributed by atoms with Gasteiger partial charge in [0.05, 0.1) is 43.0 Å². The van der Waals surface area contributed by atoms with Crippen LogP contribution in [0, 0.1) is 0 Å². The first-order valence-electron chi connectivity index (χ1n) is 8.04. The first kappa shape index (κ1) is 18.5. The molecule has 3 rings (SSSR count). The molecule has 1 aliphatic heterocycles. The number of morpholine rings is 1. The van der Waals surface area contributed by atoms with Gasteiger partial charge in [0.1, 0.15) is 5.76 Å². The van der Waals surface area contributed by atoms with Crippen LogP contribution in [0.1, 0.15) is 11.3 Å². The zero-order chi connectivity index (χ0) is 18.6. The van der Waals surface area contributed by atoms with Crippen LogP contribution in [0.3, 0.4) is 0 Å². The molecule has 1 aromatic heterocycles. The van der Waals surface area contributed by atoms with Crippen LogP contribution in [0.25, 0.3) is 0 Å². The van der Waals surface area contributed by atoms with Crippen LogP contribution in [0.15, 0.2) is 41.0 Å². The van der Waals surface area contributed by atoms with Crippen molar-refractivity contribution >= 4 is 28.7 Å². The number of furan rings is 1. The van der Waals surface area contributed by atoms with Crippen LogP contribution in [0.5, 0.6) is 0 Å². The fraction of sp³-hybridized carbons (Fsp3) is 0.353. The number of nitrogens with one attached hydrogen (secondary N) is 2. The molecule has 0 atom stereocenters. The lowest BCUT2D eigenvalue weighted by Gasteiger charge is -2.31. The zero-order valence-electron chi connectivity index (χ0n) is 13.8. The number of alkyl halides is 3. The maximum absolute atomic E-state index is 13.1. The van der Waals surface area contributed by atoms with E-state index < -0.39 is 11.7 Å². The van der Waals surface area contributed by atoms with Crippen molar-refractivity contribution < 1.29 is 22.3 Å². The van der Waals surface area contributed by atoms with E-state index in [0.29, 0.717) is 50.0 Å². The summed E-state index contributed by atoms with van der Waals surface area (Å²) < 4.78 is 49.8. The monoisotopic (exact) mass is 385 g/mol. The Balaban J connectivity index is 1.78. The van der Waals surface area contributed by atoms with E-state index in [1.165, 1.54) is 12.3 Å². The average Bonchev–Trinajstić information content (AvgIpc) is 3.13. The molecule has 2 heterocycles. The molecule has 140 valence electrons. The van der Waals surface area contributed by atoms with Gasteiger partial charge in [0, 0.05) is 13.1 Å². The van der Waals surface area contributed by atoms with E-state index in [-0.39, 0.29) is 5.11 Å². The molecule has 9 heteroatoms. The van der Waals surface area contributed by atoms with Crippen molar-refractivity contribution in [3.63, 3.8) is 0 Å². The maximum Gasteiger partial charge on any atom is 0.416 e. The molecule has 1 aliphatic rings. The van der Waals surface area contributed by atoms with Gasteiger partial charge in [-0.15, -0.1) is 0 Å². The summed E-state index contributed by atoms with van der Waals surface area (Å²) in [7, 11) is 0. The third-order valence-corrected chi connectivity index (χ3v) is 4.17. The normalized spacial score (nSPS) is 15.0. The van der Waals surface area contributed by atoms with Gasteiger partial charge >= 0.3 is 6.18 Å². The van der Waals surface area contributed by atoms with Gasteiger partial charge < -0.3 is 24.7 Å². The SMILES string of the molecule is FC(F)(F)c1ccc(N2CCOCC2)c(NC(=S)NCc2ccco2)c1. The van der Waals surface area contributed by atoms with Crippen molar-refractivity contribution in [2.45, 2.75) is 12.7 Å². The van der Waals surface area contributed by atoms with E-state index >= 15 is 0 Å². The van der Waals surface area contributed by atoms with Crippen molar-refractivity contribution in [3.8, 4) is 0 Å². The molecule has 26 heavy (non-hydrogen) atoms. The molecule has 5 nitrogen and oxygen atoms in total. The number of rotatable bonds is 4. The Bertz CT molecular complexity index is 744. The minimum atomic E-state index is -4.43. The Morgan fingerprint density at radius 1 is 1.19 bits per heavy atom. The van der Waals surface area contributed by atoms with Gasteiger partial charge in [-0.1, -0.05) is 0 Å². The lowest BCUT2D eigenvalue weighted by molar-refractivity contribution is -0.137. The van der Waals surface area contributed by atoms with Crippen molar-refractivity contribution in [1.82, 2.24) is 5.32 Å². The van der Waals surface area contributed by atoms with E-state index in [9.17, 15) is 13.2 Å². The Hall–Kier alpha value is -2.26. The second-order valence-corrected chi connectivity index (χ2v) is 6.12. The number of ether oxygens (including phenoxy) is 1. The second kappa shape index (κ2) is 7.96. The van der Waals surface area contributed by atoms with Gasteiger partial charge in [-0.05, 0) is 42.5 Å². The van der Waals surface area contributed by atoms with Crippen LogP contribution >= 0.6 is 12.2 Å². The van der Waals surface area contributed by atoms with Gasteiger partial charge in [-0.25, -0.2) is 0 Å². The van der Waals surface area contributed by atoms with Gasteiger partial charge in [0.2, 0.25) is 0 Å². The van der Waals surface area contributed by atoms with Crippen LogP contribution in [-0.4, -0.2) is 31.4 Å². The fourth-order valence-corrected chi connectivity index (χ4v) is 2.82. The first-order valence-corrected chi connectivity index (χ1v) is 8.45. The summed E-state index contributed by atoms with van der Waals surface area (Å²) in [6.07, 6.45) is -2.89. The summed E-state index contributed by atoms with van der Waals surface area (Å²) in [5.74, 6) is 0.673. The highest BCUT2D eigenvalue weighted by Crippen LogP contribution is 2.35. The molecule has 2 aromatic rings. The molecular formula is C17H18F3N3O2S. The van der Waals surface area contributed by atoms with Crippen molar-refractivity contribution in [2.24, 2.45) is 0 Å². The van der Waals surface area contributed by atoms with Gasteiger partial charge in [0.15, 0.2) is 5.11 Å². The lowest BCUT2D eigenvalue weighted by atomic mass is 10.1. The van der Waals surface area contributed by atoms with Gasteiger partial charge in [-0.3, -0.25) is 0 Å². The smallest absolute Gasteiger partial charge is 0.416 e. The third-order valence-electron chi connectivity index (χ3n) is 3.93. The highest BCUT2D eigenvalue weighted by Gasteiger charge is 2.31. The Morgan fingerprint density at radius 2 is 1.96 bits per heavy atom. The molecule has 0 unspecified atom stereocenters. The van der Waals surface area contributed by atoms with Crippen LogP contribution in [0.4, 0.5) is 24.5 Å². The summed E-state index contributed by atoms with van der Waals surface area (Å²) in [6, 6.07) is 7.14. The van der Waals surface area contributed by atoms with Crippen molar-refractivity contribution in [1.29, 1.82) is 0 Å². The Morgan fingerprint density at radius 3 is 2.62 bits per heavy atom. The number of thiocarbonyl (C=S) groups is 1. The predicted molar refractivity (Wildman–Crippen MR) is 96.2 cm³/mol. The van der Waals surface area contributed by atoms with Crippen LogP contribution < -0.4 is 15.5 Å². The molecular weight excluding hydrogens is 367 g/mol. The highest BCUT2D eigenvalue weighted by atomic mass is 32.1. The third kappa shape index (κ3) is 4.67. The first-order chi connectivity index (χ1) is 12.4. The second-order valence-electron chi connectivity index (χ2n) is 5.72. The number of halogens is 3. The molecule has 1 fully saturated rings. The van der Waals surface area contributed by atoms with E-state index in [2.05, 4.69) is 10.6 Å². The quantitative estimate of drug-likeness (QED) is 0.784. The molecule has 0 amide bonds. The Kier molecular flexibility index (Phi) is 5.67. The minimum Gasteiger partial charge on any atom is -0.467 e. The summed E-state index contributed by atoms with van der Waals surface area (Å²) in [4.78, 5) is 1.97. The minimum absolute atomic E-state index is 0.218. The van der Waals surface area contributed by atoms with E-state index in [4.69, 9.17) is 21.4 Å². The van der Waals surface area contributed by atoms with Gasteiger partial charge in [-0.2, -0.15) is 13.2 Å². The molecule has 1 aromatic carbocycles. The largest absolute Gasteiger partial charge is 0.467 e. The summed E-state index contributed by atoms with van der Waals surface area (Å²) in [6.45, 7) is 2.60. The highest BCUT2D eigenvalue weighted by molar-refractivity contribution is 7.80. The molecule has 0 saturated carbocycles. The molecule has 2 N–H and O–H groups in total. The van der Waals surface area contributed by atoms with E-state index in [0.717, 1.165) is 12.1 Å². The molecule has 0 radical (unpaired) electrons. The number of hydrogen-bond acceptors (Lipinski definition) is 4. The standard InChI is InChI=1S/C17H18F3N3O2S/c18-17(19,20)12-3-4-15(23-5-8-24-9-6-23)14(10-12)22-16(26)21-11-13-2-1-7-25-13/h1-4,7,10H,5-6,8-9,11H2,(H2,21,22,26). The lowest BCUT2D eigenvalue weighted by Crippen LogP contribution is -2.37. The number of hydrogen-bond donors (Lipinski definition) is 2. The summed E-state index contributed by atoms with van der Waals surface area (Å²) in [5.41, 5.74) is 0.230. The molecule has 0 aliphatic carbocycles. The maximum atomic E-state index is 13.1. The number of benzene rings is 1. The zero-order valence-corrected chi connectivity index (χ0v) is 14.6. The van der Waals surface area contributed by atoms with Crippen LogP contribution in [0.2, 0.25) is 0 Å². The summed E-state index contributed by atoms with van der Waals surface area (Å²) in [5, 5.41) is 6.02. The van der Waals surface area contributed by atoms with E-state index in [1.807, 2.05) is 4.90 Å². The number of anilines is 2. The topological polar surface area (TPSA) is 49.7 Å². The number of nitrogens with zero attached hydrogens (tertiary/aromatic N) is 1. The molecule has 1 saturated heterocycles. The fourth-order valence-electron chi connectivity index (χ4n) is 2.64. The van der Waals surface area contributed by atoms with Gasteiger partial charge in [0.25, 0.3) is 0 Å². The molecule has 0 spiro atoms. The average molecular weight is 385 g/mol.